The normalized spacial score (nSPS) is 16.1. The molecule has 128 valence electrons. The minimum absolute atomic E-state index is 0.276. The van der Waals surface area contributed by atoms with E-state index in [0.29, 0.717) is 5.92 Å². The van der Waals surface area contributed by atoms with Crippen LogP contribution in [0.2, 0.25) is 0 Å². The topological polar surface area (TPSA) is 69.6 Å². The summed E-state index contributed by atoms with van der Waals surface area (Å²) in [4.78, 5) is 24.5. The monoisotopic (exact) mass is 320 g/mol. The molecule has 1 aromatic heterocycles. The molecule has 0 saturated carbocycles. The summed E-state index contributed by atoms with van der Waals surface area (Å²) in [5.41, 5.74) is 1.02. The van der Waals surface area contributed by atoms with Crippen molar-refractivity contribution in [3.63, 3.8) is 0 Å². The lowest BCUT2D eigenvalue weighted by atomic mass is 10.2. The van der Waals surface area contributed by atoms with Crippen molar-refractivity contribution in [2.75, 3.05) is 37.6 Å². The van der Waals surface area contributed by atoms with Crippen molar-refractivity contribution in [2.24, 2.45) is 0 Å². The molecule has 1 saturated heterocycles. The smallest absolute Gasteiger partial charge is 0.303 e. The Morgan fingerprint density at radius 2 is 1.91 bits per heavy atom. The Balaban J connectivity index is 1.83. The van der Waals surface area contributed by atoms with Crippen molar-refractivity contribution in [2.45, 2.75) is 46.0 Å². The van der Waals surface area contributed by atoms with Gasteiger partial charge >= 0.3 is 5.97 Å². The van der Waals surface area contributed by atoms with Gasteiger partial charge in [0.15, 0.2) is 0 Å². The maximum absolute atomic E-state index is 10.5. The number of rotatable bonds is 7. The van der Waals surface area contributed by atoms with Gasteiger partial charge in [-0.25, -0.2) is 9.97 Å². The summed E-state index contributed by atoms with van der Waals surface area (Å²) >= 11 is 0. The van der Waals surface area contributed by atoms with E-state index in [0.717, 1.165) is 62.9 Å². The summed E-state index contributed by atoms with van der Waals surface area (Å²) in [6.07, 6.45) is 1.99. The number of piperazine rings is 1. The zero-order chi connectivity index (χ0) is 16.8. The van der Waals surface area contributed by atoms with Crippen LogP contribution in [0, 0.1) is 6.92 Å². The number of hydrogen-bond acceptors (Lipinski definition) is 5. The fraction of sp³-hybridized carbons (Fsp3) is 0.706. The van der Waals surface area contributed by atoms with E-state index in [1.54, 1.807) is 0 Å². The third kappa shape index (κ3) is 5.46. The highest BCUT2D eigenvalue weighted by Crippen LogP contribution is 2.18. The molecule has 0 aliphatic carbocycles. The number of hydrogen-bond donors (Lipinski definition) is 1. The van der Waals surface area contributed by atoms with E-state index < -0.39 is 5.97 Å². The third-order valence-electron chi connectivity index (χ3n) is 4.19. The number of carboxylic acid groups (broad SMARTS) is 1. The molecule has 1 N–H and O–H groups in total. The molecule has 1 aliphatic rings. The lowest BCUT2D eigenvalue weighted by Crippen LogP contribution is -2.47. The summed E-state index contributed by atoms with van der Waals surface area (Å²) in [5, 5.41) is 8.66. The molecule has 1 fully saturated rings. The second-order valence-electron chi connectivity index (χ2n) is 6.56. The number of aromatic nitrogens is 2. The van der Waals surface area contributed by atoms with E-state index in [-0.39, 0.29) is 6.42 Å². The van der Waals surface area contributed by atoms with Gasteiger partial charge in [-0.15, -0.1) is 0 Å². The third-order valence-corrected chi connectivity index (χ3v) is 4.19. The van der Waals surface area contributed by atoms with Crippen LogP contribution < -0.4 is 4.90 Å². The average molecular weight is 320 g/mol. The van der Waals surface area contributed by atoms with Crippen LogP contribution in [0.5, 0.6) is 0 Å². The number of aryl methyl sites for hydroxylation is 1. The number of carboxylic acids is 1. The summed E-state index contributed by atoms with van der Waals surface area (Å²) < 4.78 is 0. The van der Waals surface area contributed by atoms with Crippen LogP contribution in [0.25, 0.3) is 0 Å². The molecule has 0 radical (unpaired) electrons. The Hall–Kier alpha value is -1.69. The highest BCUT2D eigenvalue weighted by molar-refractivity contribution is 5.66. The molecular formula is C17H28N4O2. The summed E-state index contributed by atoms with van der Waals surface area (Å²) in [7, 11) is 0. The van der Waals surface area contributed by atoms with E-state index >= 15 is 0 Å². The quantitative estimate of drug-likeness (QED) is 0.777. The van der Waals surface area contributed by atoms with E-state index in [1.807, 2.05) is 6.92 Å². The Labute approximate surface area is 138 Å². The largest absolute Gasteiger partial charge is 0.481 e. The predicted octanol–water partition coefficient (Wildman–Crippen LogP) is 2.29. The molecule has 0 aromatic carbocycles. The van der Waals surface area contributed by atoms with Crippen LogP contribution in [-0.4, -0.2) is 58.7 Å². The van der Waals surface area contributed by atoms with Gasteiger partial charge in [0.05, 0.1) is 0 Å². The molecule has 0 amide bonds. The Morgan fingerprint density at radius 1 is 1.22 bits per heavy atom. The fourth-order valence-corrected chi connectivity index (χ4v) is 2.81. The highest BCUT2D eigenvalue weighted by Gasteiger charge is 2.19. The van der Waals surface area contributed by atoms with E-state index in [1.165, 1.54) is 0 Å². The van der Waals surface area contributed by atoms with Crippen molar-refractivity contribution < 1.29 is 9.90 Å². The minimum atomic E-state index is -0.699. The molecule has 1 aromatic rings. The number of aliphatic carboxylic acids is 1. The van der Waals surface area contributed by atoms with Crippen LogP contribution in [0.3, 0.4) is 0 Å². The molecule has 0 atom stereocenters. The van der Waals surface area contributed by atoms with Gasteiger partial charge in [-0.05, 0) is 26.3 Å². The Morgan fingerprint density at radius 3 is 2.52 bits per heavy atom. The first-order valence-corrected chi connectivity index (χ1v) is 8.50. The molecule has 1 aliphatic heterocycles. The lowest BCUT2D eigenvalue weighted by molar-refractivity contribution is -0.137. The zero-order valence-electron chi connectivity index (χ0n) is 14.5. The van der Waals surface area contributed by atoms with E-state index in [4.69, 9.17) is 10.1 Å². The maximum atomic E-state index is 10.5. The molecule has 2 rings (SSSR count). The second kappa shape index (κ2) is 8.24. The van der Waals surface area contributed by atoms with Crippen LogP contribution in [0.4, 0.5) is 5.82 Å². The number of carbonyl (C=O) groups is 1. The van der Waals surface area contributed by atoms with E-state index in [9.17, 15) is 4.79 Å². The van der Waals surface area contributed by atoms with Crippen LogP contribution in [0.1, 0.15) is 50.5 Å². The summed E-state index contributed by atoms with van der Waals surface area (Å²) in [5.74, 6) is 1.59. The predicted molar refractivity (Wildman–Crippen MR) is 91.0 cm³/mol. The van der Waals surface area contributed by atoms with Gasteiger partial charge in [0.1, 0.15) is 11.6 Å². The Bertz CT molecular complexity index is 525. The molecule has 23 heavy (non-hydrogen) atoms. The highest BCUT2D eigenvalue weighted by atomic mass is 16.4. The molecular weight excluding hydrogens is 292 g/mol. The molecule has 0 spiro atoms. The van der Waals surface area contributed by atoms with Crippen molar-refractivity contribution in [1.29, 1.82) is 0 Å². The average Bonchev–Trinajstić information content (AvgIpc) is 2.51. The van der Waals surface area contributed by atoms with Gasteiger partial charge in [-0.3, -0.25) is 9.69 Å². The van der Waals surface area contributed by atoms with Gasteiger partial charge in [0.25, 0.3) is 0 Å². The number of anilines is 1. The minimum Gasteiger partial charge on any atom is -0.481 e. The van der Waals surface area contributed by atoms with Crippen molar-refractivity contribution in [3.05, 3.63) is 17.6 Å². The van der Waals surface area contributed by atoms with Gasteiger partial charge in [-0.2, -0.15) is 0 Å². The van der Waals surface area contributed by atoms with Crippen molar-refractivity contribution >= 4 is 11.8 Å². The van der Waals surface area contributed by atoms with E-state index in [2.05, 4.69) is 34.7 Å². The number of unbranched alkanes of at least 4 members (excludes halogenated alkanes) is 1. The maximum Gasteiger partial charge on any atom is 0.303 e. The number of nitrogens with zero attached hydrogens (tertiary/aromatic N) is 4. The van der Waals surface area contributed by atoms with Crippen molar-refractivity contribution in [1.82, 2.24) is 14.9 Å². The first-order valence-electron chi connectivity index (χ1n) is 8.50. The van der Waals surface area contributed by atoms with Crippen molar-refractivity contribution in [3.8, 4) is 0 Å². The first-order chi connectivity index (χ1) is 11.0. The summed E-state index contributed by atoms with van der Waals surface area (Å²) in [6.45, 7) is 11.2. The summed E-state index contributed by atoms with van der Waals surface area (Å²) in [6, 6.07) is 2.06. The molecule has 0 bridgehead atoms. The second-order valence-corrected chi connectivity index (χ2v) is 6.56. The zero-order valence-corrected chi connectivity index (χ0v) is 14.5. The van der Waals surface area contributed by atoms with Gasteiger partial charge in [0, 0.05) is 50.3 Å². The van der Waals surface area contributed by atoms with Crippen LogP contribution in [-0.2, 0) is 4.79 Å². The van der Waals surface area contributed by atoms with Gasteiger partial charge in [-0.1, -0.05) is 13.8 Å². The molecule has 6 heteroatoms. The fourth-order valence-electron chi connectivity index (χ4n) is 2.81. The van der Waals surface area contributed by atoms with Crippen LogP contribution >= 0.6 is 0 Å². The SMILES string of the molecule is Cc1cc(N2CCN(CCCCC(=O)O)CC2)nc(C(C)C)n1. The van der Waals surface area contributed by atoms with Gasteiger partial charge < -0.3 is 10.0 Å². The first kappa shape index (κ1) is 17.7. The van der Waals surface area contributed by atoms with Gasteiger partial charge in [0.2, 0.25) is 0 Å². The molecule has 6 nitrogen and oxygen atoms in total. The molecule has 0 unspecified atom stereocenters. The molecule has 2 heterocycles. The Kier molecular flexibility index (Phi) is 6.33. The standard InChI is InChI=1S/C17H28N4O2/c1-13(2)17-18-14(3)12-15(19-17)21-10-8-20(9-11-21)7-5-4-6-16(22)23/h12-13H,4-11H2,1-3H3,(H,22,23). The van der Waals surface area contributed by atoms with Crippen LogP contribution in [0.15, 0.2) is 6.07 Å². The lowest BCUT2D eigenvalue weighted by Gasteiger charge is -2.35.